The van der Waals surface area contributed by atoms with Gasteiger partial charge in [0.25, 0.3) is 0 Å². The first-order valence-electron chi connectivity index (χ1n) is 5.71. The van der Waals surface area contributed by atoms with Gasteiger partial charge in [-0.2, -0.15) is 0 Å². The van der Waals surface area contributed by atoms with E-state index in [1.807, 2.05) is 6.07 Å². The molecule has 5 heteroatoms. The second-order valence-corrected chi connectivity index (χ2v) is 4.26. The topological polar surface area (TPSA) is 69.2 Å². The van der Waals surface area contributed by atoms with Crippen molar-refractivity contribution in [3.05, 3.63) is 24.0 Å². The number of aromatic amines is 1. The van der Waals surface area contributed by atoms with Crippen molar-refractivity contribution in [2.45, 2.75) is 12.8 Å². The number of aromatic nitrogens is 2. The molecule has 0 atom stereocenters. The maximum atomic E-state index is 11.2. The Bertz CT molecular complexity index is 570. The molecular formula is C12H13N3O2. The SMILES string of the molecule is O=C(O)c1c[nH]c2nccc(N3CCCC3)c12. The number of carbonyl (C=O) groups is 1. The highest BCUT2D eigenvalue weighted by Crippen LogP contribution is 2.30. The highest BCUT2D eigenvalue weighted by Gasteiger charge is 2.20. The average molecular weight is 231 g/mol. The molecule has 88 valence electrons. The summed E-state index contributed by atoms with van der Waals surface area (Å²) in [6.45, 7) is 1.98. The van der Waals surface area contributed by atoms with Crippen molar-refractivity contribution < 1.29 is 9.90 Å². The lowest BCUT2D eigenvalue weighted by Gasteiger charge is -2.18. The van der Waals surface area contributed by atoms with Crippen LogP contribution in [-0.4, -0.2) is 34.1 Å². The van der Waals surface area contributed by atoms with Crippen LogP contribution in [0.15, 0.2) is 18.5 Å². The molecule has 0 bridgehead atoms. The van der Waals surface area contributed by atoms with Gasteiger partial charge in [-0.25, -0.2) is 9.78 Å². The van der Waals surface area contributed by atoms with Crippen molar-refractivity contribution in [1.29, 1.82) is 0 Å². The Morgan fingerprint density at radius 2 is 2.18 bits per heavy atom. The Labute approximate surface area is 98.1 Å². The van der Waals surface area contributed by atoms with E-state index < -0.39 is 5.97 Å². The van der Waals surface area contributed by atoms with Crippen molar-refractivity contribution in [1.82, 2.24) is 9.97 Å². The second-order valence-electron chi connectivity index (χ2n) is 4.26. The summed E-state index contributed by atoms with van der Waals surface area (Å²) < 4.78 is 0. The number of hydrogen-bond acceptors (Lipinski definition) is 3. The molecule has 0 amide bonds. The minimum atomic E-state index is -0.912. The summed E-state index contributed by atoms with van der Waals surface area (Å²) in [5, 5.41) is 9.90. The zero-order valence-corrected chi connectivity index (χ0v) is 9.31. The number of carboxylic acids is 1. The van der Waals surface area contributed by atoms with E-state index in [2.05, 4.69) is 14.9 Å². The summed E-state index contributed by atoms with van der Waals surface area (Å²) in [5.74, 6) is -0.912. The van der Waals surface area contributed by atoms with Gasteiger partial charge in [-0.15, -0.1) is 0 Å². The molecule has 1 aliphatic rings. The highest BCUT2D eigenvalue weighted by molar-refractivity contribution is 6.07. The molecule has 0 spiro atoms. The Hall–Kier alpha value is -2.04. The molecular weight excluding hydrogens is 218 g/mol. The standard InChI is InChI=1S/C12H13N3O2/c16-12(17)8-7-14-11-10(8)9(3-4-13-11)15-5-1-2-6-15/h3-4,7H,1-2,5-6H2,(H,13,14)(H,16,17). The predicted molar refractivity (Wildman–Crippen MR) is 64.5 cm³/mol. The van der Waals surface area contributed by atoms with Gasteiger partial charge in [0.2, 0.25) is 0 Å². The predicted octanol–water partition coefficient (Wildman–Crippen LogP) is 1.86. The molecule has 0 aromatic carbocycles. The van der Waals surface area contributed by atoms with Gasteiger partial charge in [-0.05, 0) is 18.9 Å². The molecule has 1 aliphatic heterocycles. The Kier molecular flexibility index (Phi) is 2.24. The fraction of sp³-hybridized carbons (Fsp3) is 0.333. The lowest BCUT2D eigenvalue weighted by molar-refractivity contribution is 0.0699. The van der Waals surface area contributed by atoms with Crippen molar-refractivity contribution in [3.63, 3.8) is 0 Å². The fourth-order valence-corrected chi connectivity index (χ4v) is 2.43. The molecule has 17 heavy (non-hydrogen) atoms. The Morgan fingerprint density at radius 3 is 2.88 bits per heavy atom. The zero-order chi connectivity index (χ0) is 11.8. The number of anilines is 1. The Balaban J connectivity index is 2.22. The number of nitrogens with zero attached hydrogens (tertiary/aromatic N) is 2. The molecule has 2 aromatic heterocycles. The van der Waals surface area contributed by atoms with Crippen molar-refractivity contribution in [2.24, 2.45) is 0 Å². The third-order valence-electron chi connectivity index (χ3n) is 3.23. The fourth-order valence-electron chi connectivity index (χ4n) is 2.43. The summed E-state index contributed by atoms with van der Waals surface area (Å²) >= 11 is 0. The lowest BCUT2D eigenvalue weighted by atomic mass is 10.2. The quantitative estimate of drug-likeness (QED) is 0.827. The van der Waals surface area contributed by atoms with Crippen LogP contribution >= 0.6 is 0 Å². The summed E-state index contributed by atoms with van der Waals surface area (Å²) in [7, 11) is 0. The van der Waals surface area contributed by atoms with Crippen molar-refractivity contribution in [2.75, 3.05) is 18.0 Å². The number of H-pyrrole nitrogens is 1. The molecule has 1 saturated heterocycles. The van der Waals surface area contributed by atoms with Gasteiger partial charge in [0.15, 0.2) is 0 Å². The number of fused-ring (bicyclic) bond motifs is 1. The molecule has 5 nitrogen and oxygen atoms in total. The Morgan fingerprint density at radius 1 is 1.41 bits per heavy atom. The summed E-state index contributed by atoms with van der Waals surface area (Å²) in [6, 6.07) is 1.90. The van der Waals surface area contributed by atoms with Crippen LogP contribution in [0.1, 0.15) is 23.2 Å². The molecule has 3 heterocycles. The number of aromatic carboxylic acids is 1. The average Bonchev–Trinajstić information content (AvgIpc) is 2.97. The molecule has 0 radical (unpaired) electrons. The van der Waals surface area contributed by atoms with Crippen molar-refractivity contribution in [3.8, 4) is 0 Å². The molecule has 2 N–H and O–H groups in total. The second kappa shape index (κ2) is 3.76. The van der Waals surface area contributed by atoms with E-state index in [1.165, 1.54) is 6.20 Å². The number of rotatable bonds is 2. The summed E-state index contributed by atoms with van der Waals surface area (Å²) in [6.07, 6.45) is 5.56. The van der Waals surface area contributed by atoms with Gasteiger partial charge in [0.05, 0.1) is 16.6 Å². The number of pyridine rings is 1. The van der Waals surface area contributed by atoms with E-state index in [9.17, 15) is 9.90 Å². The van der Waals surface area contributed by atoms with Gasteiger partial charge in [0, 0.05) is 25.5 Å². The van der Waals surface area contributed by atoms with Crippen LogP contribution in [0.5, 0.6) is 0 Å². The van der Waals surface area contributed by atoms with Crippen LogP contribution in [-0.2, 0) is 0 Å². The third kappa shape index (κ3) is 1.54. The maximum Gasteiger partial charge on any atom is 0.338 e. The number of hydrogen-bond donors (Lipinski definition) is 2. The highest BCUT2D eigenvalue weighted by atomic mass is 16.4. The first-order valence-corrected chi connectivity index (χ1v) is 5.71. The lowest BCUT2D eigenvalue weighted by Crippen LogP contribution is -2.18. The van der Waals surface area contributed by atoms with E-state index in [0.29, 0.717) is 11.2 Å². The minimum absolute atomic E-state index is 0.301. The monoisotopic (exact) mass is 231 g/mol. The smallest absolute Gasteiger partial charge is 0.338 e. The van der Waals surface area contributed by atoms with Gasteiger partial charge >= 0.3 is 5.97 Å². The van der Waals surface area contributed by atoms with Crippen LogP contribution in [0.25, 0.3) is 11.0 Å². The zero-order valence-electron chi connectivity index (χ0n) is 9.31. The van der Waals surface area contributed by atoms with Gasteiger partial charge in [-0.1, -0.05) is 0 Å². The van der Waals surface area contributed by atoms with Crippen LogP contribution in [0.4, 0.5) is 5.69 Å². The number of nitrogens with one attached hydrogen (secondary N) is 1. The molecule has 1 fully saturated rings. The van der Waals surface area contributed by atoms with Crippen LogP contribution < -0.4 is 4.90 Å². The summed E-state index contributed by atoms with van der Waals surface area (Å²) in [5.41, 5.74) is 1.92. The number of carboxylic acid groups (broad SMARTS) is 1. The van der Waals surface area contributed by atoms with Crippen LogP contribution in [0, 0.1) is 0 Å². The molecule has 0 saturated carbocycles. The van der Waals surface area contributed by atoms with E-state index in [4.69, 9.17) is 0 Å². The third-order valence-corrected chi connectivity index (χ3v) is 3.23. The minimum Gasteiger partial charge on any atom is -0.478 e. The van der Waals surface area contributed by atoms with Crippen LogP contribution in [0.3, 0.4) is 0 Å². The molecule has 3 rings (SSSR count). The first-order chi connectivity index (χ1) is 8.27. The van der Waals surface area contributed by atoms with Gasteiger partial charge in [0.1, 0.15) is 5.65 Å². The van der Waals surface area contributed by atoms with E-state index in [0.717, 1.165) is 37.0 Å². The largest absolute Gasteiger partial charge is 0.478 e. The normalized spacial score (nSPS) is 15.6. The first kappa shape index (κ1) is 10.1. The van der Waals surface area contributed by atoms with Gasteiger partial charge < -0.3 is 15.0 Å². The molecule has 0 unspecified atom stereocenters. The van der Waals surface area contributed by atoms with Crippen molar-refractivity contribution >= 4 is 22.7 Å². The molecule has 2 aromatic rings. The summed E-state index contributed by atoms with van der Waals surface area (Å²) in [4.78, 5) is 20.5. The maximum absolute atomic E-state index is 11.2. The van der Waals surface area contributed by atoms with E-state index in [-0.39, 0.29) is 0 Å². The van der Waals surface area contributed by atoms with Gasteiger partial charge in [-0.3, -0.25) is 0 Å². The van der Waals surface area contributed by atoms with E-state index >= 15 is 0 Å². The molecule has 0 aliphatic carbocycles. The van der Waals surface area contributed by atoms with Crippen LogP contribution in [0.2, 0.25) is 0 Å². The van der Waals surface area contributed by atoms with E-state index in [1.54, 1.807) is 6.20 Å².